The third-order valence-electron chi connectivity index (χ3n) is 2.67. The lowest BCUT2D eigenvalue weighted by Gasteiger charge is -2.10. The number of hydrogen-bond acceptors (Lipinski definition) is 4. The minimum atomic E-state index is 0.0106. The van der Waals surface area contributed by atoms with Crippen LogP contribution in [0.1, 0.15) is 16.1 Å². The maximum absolute atomic E-state index is 7.53. The van der Waals surface area contributed by atoms with Gasteiger partial charge < -0.3 is 10.5 Å². The van der Waals surface area contributed by atoms with Gasteiger partial charge in [0.05, 0.1) is 23.4 Å². The van der Waals surface area contributed by atoms with Gasteiger partial charge in [-0.05, 0) is 25.1 Å². The summed E-state index contributed by atoms with van der Waals surface area (Å²) in [5, 5.41) is 7.53. The van der Waals surface area contributed by atoms with Gasteiger partial charge in [-0.1, -0.05) is 15.9 Å². The van der Waals surface area contributed by atoms with Crippen molar-refractivity contribution in [3.8, 4) is 5.75 Å². The number of nitrogen functional groups attached to an aromatic ring is 1. The Morgan fingerprint density at radius 3 is 2.95 bits per heavy atom. The molecular formula is C13H14BrN3OS. The molecular weight excluding hydrogens is 326 g/mol. The van der Waals surface area contributed by atoms with Crippen LogP contribution in [0.2, 0.25) is 0 Å². The number of aromatic nitrogens is 1. The average Bonchev–Trinajstić information content (AvgIpc) is 2.75. The molecule has 6 heteroatoms. The van der Waals surface area contributed by atoms with E-state index in [2.05, 4.69) is 20.9 Å². The maximum atomic E-state index is 7.53. The predicted octanol–water partition coefficient (Wildman–Crippen LogP) is 3.12. The van der Waals surface area contributed by atoms with Gasteiger partial charge in [-0.2, -0.15) is 0 Å². The number of halogens is 1. The van der Waals surface area contributed by atoms with Crippen LogP contribution < -0.4 is 10.5 Å². The van der Waals surface area contributed by atoms with Gasteiger partial charge in [0, 0.05) is 15.8 Å². The van der Waals surface area contributed by atoms with E-state index < -0.39 is 0 Å². The molecule has 19 heavy (non-hydrogen) atoms. The summed E-state index contributed by atoms with van der Waals surface area (Å²) in [5.41, 5.74) is 9.04. The summed E-state index contributed by atoms with van der Waals surface area (Å²) in [6.45, 7) is 2.53. The smallest absolute Gasteiger partial charge is 0.131 e. The summed E-state index contributed by atoms with van der Waals surface area (Å²) in [4.78, 5) is 5.43. The van der Waals surface area contributed by atoms with Gasteiger partial charge in [0.15, 0.2) is 0 Å². The molecule has 3 N–H and O–H groups in total. The number of hydrogen-bond donors (Lipinski definition) is 2. The van der Waals surface area contributed by atoms with Crippen molar-refractivity contribution in [3.63, 3.8) is 0 Å². The molecule has 0 fully saturated rings. The SMILES string of the molecule is Cc1ncsc1CCOc1cc(Br)ccc1C(=N)N. The normalized spacial score (nSPS) is 10.4. The first kappa shape index (κ1) is 14.0. The number of nitrogens with two attached hydrogens (primary N) is 1. The second-order valence-electron chi connectivity index (χ2n) is 4.01. The standard InChI is InChI=1S/C13H14BrN3OS/c1-8-12(19-7-17-8)4-5-18-11-6-9(14)2-3-10(11)13(15)16/h2-3,6-7H,4-5H2,1H3,(H3,15,16). The number of nitrogens with zero attached hydrogens (tertiary/aromatic N) is 1. The molecule has 0 bridgehead atoms. The van der Waals surface area contributed by atoms with Crippen molar-refractivity contribution in [2.75, 3.05) is 6.61 Å². The van der Waals surface area contributed by atoms with Crippen LogP contribution >= 0.6 is 27.3 Å². The molecule has 0 amide bonds. The lowest BCUT2D eigenvalue weighted by molar-refractivity contribution is 0.322. The minimum Gasteiger partial charge on any atom is -0.492 e. The summed E-state index contributed by atoms with van der Waals surface area (Å²) < 4.78 is 6.64. The van der Waals surface area contributed by atoms with Crippen molar-refractivity contribution in [3.05, 3.63) is 44.3 Å². The minimum absolute atomic E-state index is 0.0106. The first-order valence-electron chi connectivity index (χ1n) is 5.73. The highest BCUT2D eigenvalue weighted by atomic mass is 79.9. The van der Waals surface area contributed by atoms with E-state index in [9.17, 15) is 0 Å². The van der Waals surface area contributed by atoms with E-state index in [1.165, 1.54) is 4.88 Å². The van der Waals surface area contributed by atoms with E-state index in [1.54, 1.807) is 17.4 Å². The molecule has 0 aliphatic heterocycles. The van der Waals surface area contributed by atoms with Crippen molar-refractivity contribution < 1.29 is 4.74 Å². The molecule has 1 heterocycles. The molecule has 0 aliphatic rings. The van der Waals surface area contributed by atoms with Gasteiger partial charge in [0.1, 0.15) is 11.6 Å². The van der Waals surface area contributed by atoms with E-state index >= 15 is 0 Å². The Hall–Kier alpha value is -1.40. The number of ether oxygens (including phenoxy) is 1. The number of thiazole rings is 1. The highest BCUT2D eigenvalue weighted by molar-refractivity contribution is 9.10. The summed E-state index contributed by atoms with van der Waals surface area (Å²) in [6.07, 6.45) is 0.806. The second kappa shape index (κ2) is 6.16. The molecule has 0 aliphatic carbocycles. The Morgan fingerprint density at radius 2 is 2.32 bits per heavy atom. The van der Waals surface area contributed by atoms with Crippen LogP contribution in [0, 0.1) is 12.3 Å². The van der Waals surface area contributed by atoms with Crippen LogP contribution in [-0.2, 0) is 6.42 Å². The average molecular weight is 340 g/mol. The Labute approximate surface area is 124 Å². The van der Waals surface area contributed by atoms with Crippen molar-refractivity contribution in [1.29, 1.82) is 5.41 Å². The van der Waals surface area contributed by atoms with E-state index in [1.807, 2.05) is 24.6 Å². The van der Waals surface area contributed by atoms with Crippen molar-refractivity contribution >= 4 is 33.1 Å². The zero-order chi connectivity index (χ0) is 13.8. The molecule has 0 saturated heterocycles. The highest BCUT2D eigenvalue weighted by Gasteiger charge is 2.08. The summed E-state index contributed by atoms with van der Waals surface area (Å²) in [5.74, 6) is 0.639. The first-order chi connectivity index (χ1) is 9.08. The van der Waals surface area contributed by atoms with Crippen molar-refractivity contribution in [2.45, 2.75) is 13.3 Å². The number of nitrogens with one attached hydrogen (secondary N) is 1. The summed E-state index contributed by atoms with van der Waals surface area (Å²) >= 11 is 5.02. The van der Waals surface area contributed by atoms with Crippen LogP contribution in [0.5, 0.6) is 5.75 Å². The topological polar surface area (TPSA) is 72.0 Å². The largest absolute Gasteiger partial charge is 0.492 e. The van der Waals surface area contributed by atoms with Crippen LogP contribution in [0.3, 0.4) is 0 Å². The molecule has 4 nitrogen and oxygen atoms in total. The Morgan fingerprint density at radius 1 is 1.53 bits per heavy atom. The Bertz CT molecular complexity index is 597. The lowest BCUT2D eigenvalue weighted by atomic mass is 10.2. The number of rotatable bonds is 5. The fourth-order valence-corrected chi connectivity index (χ4v) is 2.76. The molecule has 2 rings (SSSR count). The van der Waals surface area contributed by atoms with Crippen molar-refractivity contribution in [2.24, 2.45) is 5.73 Å². The molecule has 0 radical (unpaired) electrons. The van der Waals surface area contributed by atoms with E-state index in [-0.39, 0.29) is 5.84 Å². The molecule has 1 aromatic heterocycles. The molecule has 1 aromatic carbocycles. The molecule has 2 aromatic rings. The molecule has 100 valence electrons. The Kier molecular flexibility index (Phi) is 4.55. The predicted molar refractivity (Wildman–Crippen MR) is 81.2 cm³/mol. The number of benzene rings is 1. The number of amidine groups is 1. The van der Waals surface area contributed by atoms with Crippen LogP contribution in [0.4, 0.5) is 0 Å². The molecule has 0 atom stereocenters. The maximum Gasteiger partial charge on any atom is 0.131 e. The van der Waals surface area contributed by atoms with Crippen LogP contribution in [-0.4, -0.2) is 17.4 Å². The monoisotopic (exact) mass is 339 g/mol. The van der Waals surface area contributed by atoms with Gasteiger partial charge in [-0.3, -0.25) is 5.41 Å². The molecule has 0 unspecified atom stereocenters. The third kappa shape index (κ3) is 3.54. The van der Waals surface area contributed by atoms with Gasteiger partial charge >= 0.3 is 0 Å². The van der Waals surface area contributed by atoms with Gasteiger partial charge in [0.2, 0.25) is 0 Å². The van der Waals surface area contributed by atoms with E-state index in [0.29, 0.717) is 17.9 Å². The molecule has 0 saturated carbocycles. The van der Waals surface area contributed by atoms with Crippen molar-refractivity contribution in [1.82, 2.24) is 4.98 Å². The number of aryl methyl sites for hydroxylation is 1. The zero-order valence-electron chi connectivity index (χ0n) is 10.4. The fourth-order valence-electron chi connectivity index (χ4n) is 1.66. The van der Waals surface area contributed by atoms with Gasteiger partial charge in [0.25, 0.3) is 0 Å². The summed E-state index contributed by atoms with van der Waals surface area (Å²) in [6, 6.07) is 5.45. The fraction of sp³-hybridized carbons (Fsp3) is 0.231. The third-order valence-corrected chi connectivity index (χ3v) is 4.15. The van der Waals surface area contributed by atoms with Crippen LogP contribution in [0.25, 0.3) is 0 Å². The van der Waals surface area contributed by atoms with Crippen LogP contribution in [0.15, 0.2) is 28.2 Å². The first-order valence-corrected chi connectivity index (χ1v) is 7.41. The van der Waals surface area contributed by atoms with E-state index in [4.69, 9.17) is 15.9 Å². The Balaban J connectivity index is 2.05. The van der Waals surface area contributed by atoms with Gasteiger partial charge in [-0.15, -0.1) is 11.3 Å². The quantitative estimate of drug-likeness (QED) is 0.649. The lowest BCUT2D eigenvalue weighted by Crippen LogP contribution is -2.14. The summed E-state index contributed by atoms with van der Waals surface area (Å²) in [7, 11) is 0. The zero-order valence-corrected chi connectivity index (χ0v) is 12.8. The van der Waals surface area contributed by atoms with Gasteiger partial charge in [-0.25, -0.2) is 4.98 Å². The second-order valence-corrected chi connectivity index (χ2v) is 5.87. The molecule has 0 spiro atoms. The van der Waals surface area contributed by atoms with E-state index in [0.717, 1.165) is 16.6 Å². The highest BCUT2D eigenvalue weighted by Crippen LogP contribution is 2.24.